The van der Waals surface area contributed by atoms with Gasteiger partial charge in [0.25, 0.3) is 5.91 Å². The molecule has 45 heavy (non-hydrogen) atoms. The van der Waals surface area contributed by atoms with Gasteiger partial charge < -0.3 is 10.2 Å². The Hall–Kier alpha value is -4.83. The first kappa shape index (κ1) is 31.6. The molecule has 1 saturated heterocycles. The fourth-order valence-corrected chi connectivity index (χ4v) is 5.33. The molecule has 1 aliphatic rings. The second-order valence-electron chi connectivity index (χ2n) is 12.7. The van der Waals surface area contributed by atoms with Crippen molar-refractivity contribution < 1.29 is 9.59 Å². The molecule has 0 radical (unpaired) electrons. The van der Waals surface area contributed by atoms with E-state index >= 15 is 0 Å². The molecular formula is C35H41N7O3. The van der Waals surface area contributed by atoms with E-state index in [9.17, 15) is 14.5 Å². The summed E-state index contributed by atoms with van der Waals surface area (Å²) in [6.45, 7) is 14.0. The zero-order chi connectivity index (χ0) is 32.1. The van der Waals surface area contributed by atoms with Crippen molar-refractivity contribution in [2.24, 2.45) is 5.18 Å². The number of benzene rings is 3. The normalized spacial score (nSPS) is 13.8. The fraction of sp³-hybridized carbons (Fsp3) is 0.343. The smallest absolute Gasteiger partial charge is 0.324 e. The Morgan fingerprint density at radius 3 is 2.13 bits per heavy atom. The number of hydrogen-bond acceptors (Lipinski definition) is 6. The highest BCUT2D eigenvalue weighted by Gasteiger charge is 2.23. The SMILES string of the molecule is Cc1ccc(-n2nc(C(C)(C)C)cc2NC(=O)Nc2ccc(CN3CCN(C(=O)c4ccc(CN=O)cc4)CC3)cc2C)cc1. The molecule has 1 aromatic heterocycles. The molecular weight excluding hydrogens is 566 g/mol. The second-order valence-corrected chi connectivity index (χ2v) is 12.7. The van der Waals surface area contributed by atoms with Gasteiger partial charge >= 0.3 is 6.03 Å². The molecule has 4 aromatic rings. The Morgan fingerprint density at radius 2 is 1.51 bits per heavy atom. The number of rotatable bonds is 8. The van der Waals surface area contributed by atoms with Gasteiger partial charge in [0.2, 0.25) is 0 Å². The number of nitrogens with zero attached hydrogens (tertiary/aromatic N) is 5. The molecule has 1 aliphatic heterocycles. The van der Waals surface area contributed by atoms with Crippen molar-refractivity contribution in [1.82, 2.24) is 19.6 Å². The van der Waals surface area contributed by atoms with Crippen molar-refractivity contribution in [3.05, 3.63) is 111 Å². The van der Waals surface area contributed by atoms with Crippen LogP contribution in [0.15, 0.2) is 78.0 Å². The summed E-state index contributed by atoms with van der Waals surface area (Å²) in [6.07, 6.45) is 0. The summed E-state index contributed by atoms with van der Waals surface area (Å²) in [5, 5.41) is 13.7. The molecule has 0 unspecified atom stereocenters. The molecule has 0 bridgehead atoms. The Kier molecular flexibility index (Phi) is 9.43. The van der Waals surface area contributed by atoms with Crippen molar-refractivity contribution in [3.8, 4) is 5.69 Å². The largest absolute Gasteiger partial charge is 0.336 e. The maximum atomic E-state index is 13.1. The average molecular weight is 608 g/mol. The van der Waals surface area contributed by atoms with Gasteiger partial charge in [-0.1, -0.05) is 67.9 Å². The Labute approximate surface area is 264 Å². The summed E-state index contributed by atoms with van der Waals surface area (Å²) < 4.78 is 1.77. The summed E-state index contributed by atoms with van der Waals surface area (Å²) in [7, 11) is 0. The molecule has 0 atom stereocenters. The molecule has 3 aromatic carbocycles. The predicted molar refractivity (Wildman–Crippen MR) is 178 cm³/mol. The van der Waals surface area contributed by atoms with Gasteiger partial charge in [-0.3, -0.25) is 15.0 Å². The number of hydrogen-bond donors (Lipinski definition) is 2. The van der Waals surface area contributed by atoms with Crippen molar-refractivity contribution in [2.45, 2.75) is 53.1 Å². The number of nitroso groups, excluding NO2 is 1. The summed E-state index contributed by atoms with van der Waals surface area (Å²) in [5.74, 6) is 0.599. The third-order valence-corrected chi connectivity index (χ3v) is 8.05. The first-order valence-corrected chi connectivity index (χ1v) is 15.2. The van der Waals surface area contributed by atoms with Gasteiger partial charge in [-0.15, -0.1) is 0 Å². The number of carbonyl (C=O) groups is 2. The van der Waals surface area contributed by atoms with E-state index in [2.05, 4.69) is 47.5 Å². The molecule has 0 aliphatic carbocycles. The first-order valence-electron chi connectivity index (χ1n) is 15.2. The molecule has 10 heteroatoms. The van der Waals surface area contributed by atoms with E-state index in [1.54, 1.807) is 28.9 Å². The highest BCUT2D eigenvalue weighted by Crippen LogP contribution is 2.27. The minimum atomic E-state index is -0.338. The summed E-state index contributed by atoms with van der Waals surface area (Å²) in [4.78, 5) is 40.8. The Bertz CT molecular complexity index is 1660. The lowest BCUT2D eigenvalue weighted by atomic mass is 9.92. The van der Waals surface area contributed by atoms with Crippen LogP contribution in [0.3, 0.4) is 0 Å². The van der Waals surface area contributed by atoms with Gasteiger partial charge in [0.1, 0.15) is 12.4 Å². The van der Waals surface area contributed by atoms with Crippen LogP contribution in [0.25, 0.3) is 5.69 Å². The third kappa shape index (κ3) is 7.82. The lowest BCUT2D eigenvalue weighted by molar-refractivity contribution is 0.0628. The minimum absolute atomic E-state index is 0.00126. The van der Waals surface area contributed by atoms with Crippen molar-refractivity contribution in [2.75, 3.05) is 36.8 Å². The standard InChI is InChI=1S/C35H41N7O3/c1-24-6-13-29(14-7-24)42-32(21-31(39-42)35(3,4)5)38-34(44)37-30-15-10-27(20-25(30)2)23-40-16-18-41(19-17-40)33(43)28-11-8-26(9-12-28)22-36-45/h6-15,20-21H,16-19,22-23H2,1-5H3,(H2,37,38,44). The summed E-state index contributed by atoms with van der Waals surface area (Å²) in [5.41, 5.74) is 6.99. The van der Waals surface area contributed by atoms with Crippen molar-refractivity contribution in [3.63, 3.8) is 0 Å². The Balaban J connectivity index is 1.17. The first-order chi connectivity index (χ1) is 21.5. The quantitative estimate of drug-likeness (QED) is 0.218. The number of piperazine rings is 1. The molecule has 5 rings (SSSR count). The van der Waals surface area contributed by atoms with E-state index in [0.717, 1.165) is 59.0 Å². The maximum absolute atomic E-state index is 13.1. The number of anilines is 2. The second kappa shape index (κ2) is 13.4. The summed E-state index contributed by atoms with van der Waals surface area (Å²) in [6, 6.07) is 22.8. The van der Waals surface area contributed by atoms with Crippen molar-refractivity contribution >= 4 is 23.4 Å². The number of nitrogens with one attached hydrogen (secondary N) is 2. The van der Waals surface area contributed by atoms with E-state index in [1.807, 2.05) is 61.2 Å². The van der Waals surface area contributed by atoms with Crippen LogP contribution in [0.4, 0.5) is 16.3 Å². The average Bonchev–Trinajstić information content (AvgIpc) is 3.44. The highest BCUT2D eigenvalue weighted by molar-refractivity contribution is 6.00. The number of amides is 3. The molecule has 2 heterocycles. The topological polar surface area (TPSA) is 112 Å². The maximum Gasteiger partial charge on any atom is 0.324 e. The van der Waals surface area contributed by atoms with Crippen LogP contribution in [0.2, 0.25) is 0 Å². The lowest BCUT2D eigenvalue weighted by Gasteiger charge is -2.35. The zero-order valence-corrected chi connectivity index (χ0v) is 26.6. The fourth-order valence-electron chi connectivity index (χ4n) is 5.33. The minimum Gasteiger partial charge on any atom is -0.336 e. The zero-order valence-electron chi connectivity index (χ0n) is 26.6. The van der Waals surface area contributed by atoms with Gasteiger partial charge in [0.05, 0.1) is 11.4 Å². The van der Waals surface area contributed by atoms with E-state index in [-0.39, 0.29) is 23.9 Å². The number of urea groups is 1. The molecule has 2 N–H and O–H groups in total. The molecule has 0 spiro atoms. The van der Waals surface area contributed by atoms with Gasteiger partial charge in [-0.25, -0.2) is 9.48 Å². The van der Waals surface area contributed by atoms with Crippen molar-refractivity contribution in [1.29, 1.82) is 0 Å². The van der Waals surface area contributed by atoms with Crippen LogP contribution in [-0.4, -0.2) is 57.7 Å². The van der Waals surface area contributed by atoms with Crippen LogP contribution in [-0.2, 0) is 18.5 Å². The van der Waals surface area contributed by atoms with E-state index in [0.29, 0.717) is 24.5 Å². The molecule has 234 valence electrons. The number of aromatic nitrogens is 2. The van der Waals surface area contributed by atoms with E-state index < -0.39 is 0 Å². The third-order valence-electron chi connectivity index (χ3n) is 8.05. The van der Waals surface area contributed by atoms with Crippen LogP contribution >= 0.6 is 0 Å². The molecule has 3 amide bonds. The van der Waals surface area contributed by atoms with E-state index in [1.165, 1.54) is 0 Å². The number of carbonyl (C=O) groups excluding carboxylic acids is 2. The van der Waals surface area contributed by atoms with Gasteiger partial charge in [0, 0.05) is 55.5 Å². The lowest BCUT2D eigenvalue weighted by Crippen LogP contribution is -2.48. The van der Waals surface area contributed by atoms with Gasteiger partial charge in [-0.2, -0.15) is 10.0 Å². The van der Waals surface area contributed by atoms with Gasteiger partial charge in [0.15, 0.2) is 0 Å². The van der Waals surface area contributed by atoms with Crippen LogP contribution in [0, 0.1) is 18.8 Å². The Morgan fingerprint density at radius 1 is 0.844 bits per heavy atom. The van der Waals surface area contributed by atoms with Gasteiger partial charge in [-0.05, 0) is 60.9 Å². The number of aryl methyl sites for hydroxylation is 2. The van der Waals surface area contributed by atoms with Crippen LogP contribution in [0.1, 0.15) is 59.1 Å². The molecule has 0 saturated carbocycles. The summed E-state index contributed by atoms with van der Waals surface area (Å²) >= 11 is 0. The van der Waals surface area contributed by atoms with Crippen LogP contribution in [0.5, 0.6) is 0 Å². The molecule has 10 nitrogen and oxygen atoms in total. The monoisotopic (exact) mass is 607 g/mol. The van der Waals surface area contributed by atoms with E-state index in [4.69, 9.17) is 5.10 Å². The molecule has 1 fully saturated rings. The van der Waals surface area contributed by atoms with Crippen LogP contribution < -0.4 is 10.6 Å². The highest BCUT2D eigenvalue weighted by atomic mass is 16.3. The predicted octanol–water partition coefficient (Wildman–Crippen LogP) is 6.66.